The number of H-pyrrole nitrogens is 1. The molecule has 5 N–H and O–H groups in total. The molecule has 0 radical (unpaired) electrons. The van der Waals surface area contributed by atoms with Gasteiger partial charge < -0.3 is 31.2 Å². The average Bonchev–Trinajstić information content (AvgIpc) is 3.53. The number of nitrogens with zero attached hydrogens (tertiary/aromatic N) is 1. The normalized spacial score (nSPS) is 23.4. The average molecular weight is 737 g/mol. The Hall–Kier alpha value is -4.03. The van der Waals surface area contributed by atoms with Gasteiger partial charge >= 0.3 is 0 Å². The number of ketones is 2. The van der Waals surface area contributed by atoms with Crippen molar-refractivity contribution >= 4 is 41.1 Å². The molecule has 4 fully saturated rings. The number of hydrogen-bond acceptors (Lipinski definition) is 7. The SMILES string of the molecule is CCC[C@H](NC(=O)[C@@H]1C2CCCC2CN1C(=O)[C@@H](NC(=O)C(NC(=O)c1[nH]c(C)c(C)c1C(C)=O)C1CCCCC1)C(C)(C)C)C(=O)C(=O)NC1CC1. The van der Waals surface area contributed by atoms with Crippen molar-refractivity contribution in [3.63, 3.8) is 0 Å². The van der Waals surface area contributed by atoms with Crippen LogP contribution in [-0.4, -0.2) is 87.7 Å². The van der Waals surface area contributed by atoms with E-state index >= 15 is 0 Å². The molecule has 3 aliphatic carbocycles. The Morgan fingerprint density at radius 3 is 2.15 bits per heavy atom. The van der Waals surface area contributed by atoms with Crippen molar-refractivity contribution in [3.8, 4) is 0 Å². The summed E-state index contributed by atoms with van der Waals surface area (Å²) < 4.78 is 0. The summed E-state index contributed by atoms with van der Waals surface area (Å²) in [6, 6.07) is -3.84. The molecule has 292 valence electrons. The minimum atomic E-state index is -1.03. The lowest BCUT2D eigenvalue weighted by Crippen LogP contribution is -2.62. The van der Waals surface area contributed by atoms with Crippen LogP contribution in [0, 0.1) is 37.0 Å². The van der Waals surface area contributed by atoms with Crippen LogP contribution in [0.25, 0.3) is 0 Å². The Morgan fingerprint density at radius 1 is 0.868 bits per heavy atom. The van der Waals surface area contributed by atoms with Crippen LogP contribution < -0.4 is 21.3 Å². The Labute approximate surface area is 313 Å². The van der Waals surface area contributed by atoms with E-state index in [0.29, 0.717) is 36.2 Å². The van der Waals surface area contributed by atoms with Gasteiger partial charge in [0.1, 0.15) is 23.8 Å². The Kier molecular flexibility index (Phi) is 12.5. The molecule has 1 saturated heterocycles. The first-order chi connectivity index (χ1) is 25.0. The maximum absolute atomic E-state index is 14.7. The second-order valence-electron chi connectivity index (χ2n) is 17.1. The van der Waals surface area contributed by atoms with Gasteiger partial charge in [-0.2, -0.15) is 0 Å². The van der Waals surface area contributed by atoms with Gasteiger partial charge in [-0.25, -0.2) is 0 Å². The van der Waals surface area contributed by atoms with E-state index in [4.69, 9.17) is 0 Å². The first-order valence-electron chi connectivity index (χ1n) is 19.8. The lowest BCUT2D eigenvalue weighted by molar-refractivity contribution is -0.146. The fourth-order valence-electron chi connectivity index (χ4n) is 8.78. The van der Waals surface area contributed by atoms with E-state index in [-0.39, 0.29) is 35.3 Å². The van der Waals surface area contributed by atoms with Crippen LogP contribution in [0.3, 0.4) is 0 Å². The summed E-state index contributed by atoms with van der Waals surface area (Å²) in [5.41, 5.74) is 1.01. The van der Waals surface area contributed by atoms with Crippen LogP contribution in [0.4, 0.5) is 0 Å². The van der Waals surface area contributed by atoms with Gasteiger partial charge in [0.25, 0.3) is 11.8 Å². The molecule has 2 heterocycles. The summed E-state index contributed by atoms with van der Waals surface area (Å²) >= 11 is 0. The van der Waals surface area contributed by atoms with Crippen LogP contribution in [0.1, 0.15) is 144 Å². The van der Waals surface area contributed by atoms with Crippen LogP contribution >= 0.6 is 0 Å². The van der Waals surface area contributed by atoms with Gasteiger partial charge in [0.15, 0.2) is 5.78 Å². The molecule has 1 aliphatic heterocycles. The lowest BCUT2D eigenvalue weighted by atomic mass is 9.82. The number of carbonyl (C=O) groups is 7. The number of aromatic amines is 1. The predicted octanol–water partition coefficient (Wildman–Crippen LogP) is 3.80. The second kappa shape index (κ2) is 16.5. The van der Waals surface area contributed by atoms with Crippen LogP contribution in [0.5, 0.6) is 0 Å². The van der Waals surface area contributed by atoms with E-state index in [1.807, 2.05) is 27.7 Å². The molecule has 0 spiro atoms. The number of fused-ring (bicyclic) bond motifs is 1. The number of aromatic nitrogens is 1. The standard InChI is InChI=1S/C40H60N6O7/c1-8-13-28(33(48)38(52)42-26-18-19-26)43-37(51)32-27-17-12-16-25(27)20-46(32)39(53)34(40(5,6)7)45-35(49)30(24-14-10-9-11-15-24)44-36(50)31-29(23(4)47)21(2)22(3)41-31/h24-28,30,32,34,41H,8-20H2,1-7H3,(H,42,52)(H,43,51)(H,44,50)(H,45,49)/t25?,27?,28-,30?,32-,34+/m0/s1. The quantitative estimate of drug-likeness (QED) is 0.142. The highest BCUT2D eigenvalue weighted by Crippen LogP contribution is 2.43. The molecule has 6 atom stereocenters. The molecule has 0 aromatic carbocycles. The van der Waals surface area contributed by atoms with Crippen molar-refractivity contribution in [2.24, 2.45) is 23.2 Å². The van der Waals surface area contributed by atoms with Crippen molar-refractivity contribution in [3.05, 3.63) is 22.5 Å². The topological polar surface area (TPSA) is 187 Å². The summed E-state index contributed by atoms with van der Waals surface area (Å²) in [5.74, 6) is -3.70. The van der Waals surface area contributed by atoms with E-state index < -0.39 is 64.9 Å². The zero-order valence-electron chi connectivity index (χ0n) is 32.6. The zero-order chi connectivity index (χ0) is 38.8. The van der Waals surface area contributed by atoms with Crippen LogP contribution in [-0.2, 0) is 24.0 Å². The number of carbonyl (C=O) groups excluding carboxylic acids is 7. The maximum atomic E-state index is 14.7. The molecule has 13 nitrogen and oxygen atoms in total. The van der Waals surface area contributed by atoms with Gasteiger partial charge in [0.2, 0.25) is 23.5 Å². The fourth-order valence-corrected chi connectivity index (χ4v) is 8.78. The summed E-state index contributed by atoms with van der Waals surface area (Å²) in [5, 5.41) is 11.6. The summed E-state index contributed by atoms with van der Waals surface area (Å²) in [6.07, 6.45) is 9.36. The third kappa shape index (κ3) is 9.03. The lowest BCUT2D eigenvalue weighted by Gasteiger charge is -2.38. The summed E-state index contributed by atoms with van der Waals surface area (Å²) in [4.78, 5) is 100. The monoisotopic (exact) mass is 736 g/mol. The van der Waals surface area contributed by atoms with Gasteiger partial charge in [-0.1, -0.05) is 59.8 Å². The molecule has 3 unspecified atom stereocenters. The van der Waals surface area contributed by atoms with Crippen LogP contribution in [0.15, 0.2) is 0 Å². The Balaban J connectivity index is 1.38. The smallest absolute Gasteiger partial charge is 0.289 e. The van der Waals surface area contributed by atoms with Crippen molar-refractivity contribution < 1.29 is 33.6 Å². The molecule has 5 amide bonds. The zero-order valence-corrected chi connectivity index (χ0v) is 32.6. The third-order valence-electron chi connectivity index (χ3n) is 12.0. The number of rotatable bonds is 14. The molecule has 4 aliphatic rings. The van der Waals surface area contributed by atoms with Crippen molar-refractivity contribution in [2.45, 2.75) is 156 Å². The molecule has 53 heavy (non-hydrogen) atoms. The molecule has 3 saturated carbocycles. The highest BCUT2D eigenvalue weighted by atomic mass is 16.2. The fraction of sp³-hybridized carbons (Fsp3) is 0.725. The highest BCUT2D eigenvalue weighted by Gasteiger charge is 2.52. The van der Waals surface area contributed by atoms with E-state index in [9.17, 15) is 33.6 Å². The second-order valence-corrected chi connectivity index (χ2v) is 17.1. The third-order valence-corrected chi connectivity index (χ3v) is 12.0. The summed E-state index contributed by atoms with van der Waals surface area (Å²) in [6.45, 7) is 12.8. The molecule has 0 bridgehead atoms. The molecule has 1 aromatic heterocycles. The first kappa shape index (κ1) is 40.2. The van der Waals surface area contributed by atoms with Crippen molar-refractivity contribution in [2.75, 3.05) is 6.54 Å². The minimum Gasteiger partial charge on any atom is -0.354 e. The minimum absolute atomic E-state index is 0.00192. The molecule has 13 heteroatoms. The van der Waals surface area contributed by atoms with Crippen molar-refractivity contribution in [1.82, 2.24) is 31.2 Å². The molecule has 1 aromatic rings. The molecular formula is C40H60N6O7. The van der Waals surface area contributed by atoms with Crippen molar-refractivity contribution in [1.29, 1.82) is 0 Å². The van der Waals surface area contributed by atoms with Gasteiger partial charge in [0, 0.05) is 18.3 Å². The Bertz CT molecular complexity index is 1600. The van der Waals surface area contributed by atoms with E-state index in [1.54, 1.807) is 18.7 Å². The van der Waals surface area contributed by atoms with Gasteiger partial charge in [0.05, 0.1) is 11.6 Å². The van der Waals surface area contributed by atoms with Crippen LogP contribution in [0.2, 0.25) is 0 Å². The van der Waals surface area contributed by atoms with E-state index in [0.717, 1.165) is 64.2 Å². The maximum Gasteiger partial charge on any atom is 0.289 e. The highest BCUT2D eigenvalue weighted by molar-refractivity contribution is 6.38. The molecule has 5 rings (SSSR count). The first-order valence-corrected chi connectivity index (χ1v) is 19.8. The van der Waals surface area contributed by atoms with Gasteiger partial charge in [-0.05, 0) is 94.4 Å². The largest absolute Gasteiger partial charge is 0.354 e. The predicted molar refractivity (Wildman–Crippen MR) is 199 cm³/mol. The summed E-state index contributed by atoms with van der Waals surface area (Å²) in [7, 11) is 0. The Morgan fingerprint density at radius 2 is 1.55 bits per heavy atom. The number of nitrogens with one attached hydrogen (secondary N) is 5. The number of hydrogen-bond donors (Lipinski definition) is 5. The number of aryl methyl sites for hydroxylation is 1. The van der Waals surface area contributed by atoms with E-state index in [1.165, 1.54) is 6.92 Å². The van der Waals surface area contributed by atoms with Gasteiger partial charge in [-0.15, -0.1) is 0 Å². The van der Waals surface area contributed by atoms with E-state index in [2.05, 4.69) is 26.3 Å². The molecular weight excluding hydrogens is 676 g/mol. The number of Topliss-reactive ketones (excluding diaryl/α,β-unsaturated/α-hetero) is 2. The van der Waals surface area contributed by atoms with Gasteiger partial charge in [-0.3, -0.25) is 33.6 Å². The number of likely N-dealkylation sites (tertiary alicyclic amines) is 1. The number of amides is 5.